The Labute approximate surface area is 125 Å². The largest absolute Gasteiger partial charge is 0.385 e. The Morgan fingerprint density at radius 2 is 1.62 bits per heavy atom. The van der Waals surface area contributed by atoms with E-state index in [2.05, 4.69) is 0 Å². The number of ether oxygens (including phenoxy) is 2. The zero-order chi connectivity index (χ0) is 14.9. The van der Waals surface area contributed by atoms with Gasteiger partial charge in [-0.15, -0.1) is 0 Å². The van der Waals surface area contributed by atoms with E-state index in [0.717, 1.165) is 11.1 Å². The summed E-state index contributed by atoms with van der Waals surface area (Å²) >= 11 is 0. The van der Waals surface area contributed by atoms with Gasteiger partial charge in [0.15, 0.2) is 0 Å². The van der Waals surface area contributed by atoms with Crippen molar-refractivity contribution in [1.82, 2.24) is 0 Å². The molecule has 3 nitrogen and oxygen atoms in total. The molecule has 21 heavy (non-hydrogen) atoms. The number of hydrogen-bond acceptors (Lipinski definition) is 3. The van der Waals surface area contributed by atoms with E-state index >= 15 is 0 Å². The van der Waals surface area contributed by atoms with Crippen LogP contribution < -0.4 is 0 Å². The molecule has 0 fully saturated rings. The standard InChI is InChI=1S/C18H20O3/c1-20-14-21-17(13-12-15-8-4-2-5-9-15)18(19)16-10-6-3-7-11-16/h2-13,17-19H,14H2,1H3/b13-12+/t17-,18-/m0/s1. The third kappa shape index (κ3) is 4.83. The molecule has 0 saturated carbocycles. The highest BCUT2D eigenvalue weighted by Crippen LogP contribution is 2.21. The quantitative estimate of drug-likeness (QED) is 0.792. The van der Waals surface area contributed by atoms with E-state index in [-0.39, 0.29) is 6.79 Å². The van der Waals surface area contributed by atoms with Crippen LogP contribution >= 0.6 is 0 Å². The number of rotatable bonds is 7. The maximum absolute atomic E-state index is 10.5. The summed E-state index contributed by atoms with van der Waals surface area (Å²) in [5, 5.41) is 10.5. The first-order valence-corrected chi connectivity index (χ1v) is 6.88. The Balaban J connectivity index is 2.12. The lowest BCUT2D eigenvalue weighted by molar-refractivity contribution is -0.0938. The van der Waals surface area contributed by atoms with Gasteiger partial charge in [-0.2, -0.15) is 0 Å². The summed E-state index contributed by atoms with van der Waals surface area (Å²) in [6, 6.07) is 19.4. The molecule has 2 aromatic rings. The van der Waals surface area contributed by atoms with Gasteiger partial charge < -0.3 is 14.6 Å². The Kier molecular flexibility index (Phi) is 6.16. The normalized spacial score (nSPS) is 14.2. The molecule has 2 atom stereocenters. The van der Waals surface area contributed by atoms with Gasteiger partial charge in [0.25, 0.3) is 0 Å². The lowest BCUT2D eigenvalue weighted by atomic mass is 10.0. The average Bonchev–Trinajstić information content (AvgIpc) is 2.56. The van der Waals surface area contributed by atoms with Crippen LogP contribution in [0.1, 0.15) is 17.2 Å². The molecule has 0 unspecified atom stereocenters. The van der Waals surface area contributed by atoms with Crippen LogP contribution in [0.3, 0.4) is 0 Å². The second kappa shape index (κ2) is 8.37. The Morgan fingerprint density at radius 1 is 1.00 bits per heavy atom. The summed E-state index contributed by atoms with van der Waals surface area (Å²) in [7, 11) is 1.56. The van der Waals surface area contributed by atoms with E-state index in [4.69, 9.17) is 9.47 Å². The SMILES string of the molecule is COCO[C@@H](/C=C/c1ccccc1)[C@@H](O)c1ccccc1. The van der Waals surface area contributed by atoms with Crippen LogP contribution in [0.15, 0.2) is 66.7 Å². The molecular weight excluding hydrogens is 264 g/mol. The summed E-state index contributed by atoms with van der Waals surface area (Å²) in [5.41, 5.74) is 1.88. The van der Waals surface area contributed by atoms with Gasteiger partial charge in [0.2, 0.25) is 0 Å². The molecule has 0 heterocycles. The smallest absolute Gasteiger partial charge is 0.147 e. The van der Waals surface area contributed by atoms with Gasteiger partial charge in [0.1, 0.15) is 19.0 Å². The lowest BCUT2D eigenvalue weighted by Crippen LogP contribution is -2.21. The van der Waals surface area contributed by atoms with Crippen molar-refractivity contribution in [3.63, 3.8) is 0 Å². The predicted octanol–water partition coefficient (Wildman–Crippen LogP) is 3.42. The van der Waals surface area contributed by atoms with Crippen molar-refractivity contribution < 1.29 is 14.6 Å². The van der Waals surface area contributed by atoms with Crippen LogP contribution in [0, 0.1) is 0 Å². The number of benzene rings is 2. The molecule has 0 aliphatic carbocycles. The maximum Gasteiger partial charge on any atom is 0.147 e. The van der Waals surface area contributed by atoms with Crippen LogP contribution in [-0.2, 0) is 9.47 Å². The van der Waals surface area contributed by atoms with E-state index in [0.29, 0.717) is 0 Å². The fourth-order valence-corrected chi connectivity index (χ4v) is 2.01. The lowest BCUT2D eigenvalue weighted by Gasteiger charge is -2.20. The highest BCUT2D eigenvalue weighted by Gasteiger charge is 2.18. The van der Waals surface area contributed by atoms with E-state index in [1.807, 2.05) is 72.8 Å². The Hall–Kier alpha value is -1.94. The minimum atomic E-state index is -0.735. The van der Waals surface area contributed by atoms with Crippen molar-refractivity contribution in [3.05, 3.63) is 77.9 Å². The maximum atomic E-state index is 10.5. The molecule has 3 heteroatoms. The Bertz CT molecular complexity index is 537. The van der Waals surface area contributed by atoms with Gasteiger partial charge in [-0.3, -0.25) is 0 Å². The van der Waals surface area contributed by atoms with Gasteiger partial charge in [-0.1, -0.05) is 72.8 Å². The third-order valence-electron chi connectivity index (χ3n) is 3.11. The first kappa shape index (κ1) is 15.4. The molecule has 0 aliphatic heterocycles. The summed E-state index contributed by atoms with van der Waals surface area (Å²) in [6.45, 7) is 0.133. The highest BCUT2D eigenvalue weighted by molar-refractivity contribution is 5.49. The average molecular weight is 284 g/mol. The first-order chi connectivity index (χ1) is 10.3. The van der Waals surface area contributed by atoms with Gasteiger partial charge in [-0.05, 0) is 11.1 Å². The summed E-state index contributed by atoms with van der Waals surface area (Å²) in [4.78, 5) is 0. The van der Waals surface area contributed by atoms with Crippen LogP contribution in [0.4, 0.5) is 0 Å². The zero-order valence-electron chi connectivity index (χ0n) is 12.1. The highest BCUT2D eigenvalue weighted by atomic mass is 16.7. The van der Waals surface area contributed by atoms with Gasteiger partial charge >= 0.3 is 0 Å². The monoisotopic (exact) mass is 284 g/mol. The number of aliphatic hydroxyl groups excluding tert-OH is 1. The van der Waals surface area contributed by atoms with E-state index < -0.39 is 12.2 Å². The fraction of sp³-hybridized carbons (Fsp3) is 0.222. The van der Waals surface area contributed by atoms with Crippen molar-refractivity contribution in [2.24, 2.45) is 0 Å². The summed E-state index contributed by atoms with van der Waals surface area (Å²) < 4.78 is 10.5. The van der Waals surface area contributed by atoms with E-state index in [1.54, 1.807) is 7.11 Å². The van der Waals surface area contributed by atoms with Gasteiger partial charge in [-0.25, -0.2) is 0 Å². The molecule has 1 N–H and O–H groups in total. The van der Waals surface area contributed by atoms with Crippen molar-refractivity contribution in [1.29, 1.82) is 0 Å². The van der Waals surface area contributed by atoms with Crippen molar-refractivity contribution in [2.75, 3.05) is 13.9 Å². The zero-order valence-corrected chi connectivity index (χ0v) is 12.1. The molecule has 2 rings (SSSR count). The predicted molar refractivity (Wildman–Crippen MR) is 83.6 cm³/mol. The number of aliphatic hydroxyl groups is 1. The van der Waals surface area contributed by atoms with Gasteiger partial charge in [0.05, 0.1) is 0 Å². The number of methoxy groups -OCH3 is 1. The second-order valence-corrected chi connectivity index (χ2v) is 4.66. The van der Waals surface area contributed by atoms with Crippen molar-refractivity contribution in [2.45, 2.75) is 12.2 Å². The molecule has 110 valence electrons. The first-order valence-electron chi connectivity index (χ1n) is 6.88. The molecule has 0 bridgehead atoms. The number of hydrogen-bond donors (Lipinski definition) is 1. The third-order valence-corrected chi connectivity index (χ3v) is 3.11. The van der Waals surface area contributed by atoms with Crippen molar-refractivity contribution >= 4 is 6.08 Å². The molecule has 0 aliphatic rings. The van der Waals surface area contributed by atoms with E-state index in [1.165, 1.54) is 0 Å². The second-order valence-electron chi connectivity index (χ2n) is 4.66. The fourth-order valence-electron chi connectivity index (χ4n) is 2.01. The minimum Gasteiger partial charge on any atom is -0.385 e. The van der Waals surface area contributed by atoms with Crippen LogP contribution in [-0.4, -0.2) is 25.1 Å². The topological polar surface area (TPSA) is 38.7 Å². The van der Waals surface area contributed by atoms with Crippen molar-refractivity contribution in [3.8, 4) is 0 Å². The summed E-state index contributed by atoms with van der Waals surface area (Å²) in [6.07, 6.45) is 2.59. The minimum absolute atomic E-state index is 0.133. The molecule has 0 radical (unpaired) electrons. The molecule has 0 amide bonds. The molecular formula is C18H20O3. The molecule has 0 saturated heterocycles. The van der Waals surface area contributed by atoms with Crippen LogP contribution in [0.5, 0.6) is 0 Å². The van der Waals surface area contributed by atoms with Crippen LogP contribution in [0.25, 0.3) is 6.08 Å². The Morgan fingerprint density at radius 3 is 2.24 bits per heavy atom. The molecule has 0 spiro atoms. The van der Waals surface area contributed by atoms with Gasteiger partial charge in [0, 0.05) is 7.11 Å². The molecule has 0 aromatic heterocycles. The molecule has 2 aromatic carbocycles. The van der Waals surface area contributed by atoms with E-state index in [9.17, 15) is 5.11 Å². The summed E-state index contributed by atoms with van der Waals surface area (Å²) in [5.74, 6) is 0. The van der Waals surface area contributed by atoms with Crippen LogP contribution in [0.2, 0.25) is 0 Å².